The van der Waals surface area contributed by atoms with Gasteiger partial charge in [-0.1, -0.05) is 42.5 Å². The lowest BCUT2D eigenvalue weighted by molar-refractivity contribution is 0.601. The zero-order chi connectivity index (χ0) is 21.8. The maximum atomic E-state index is 13.8. The monoisotopic (exact) mass is 548 g/mol. The molecular weight excluding hydrogens is 518 g/mol. The van der Waals surface area contributed by atoms with Crippen molar-refractivity contribution in [3.63, 3.8) is 0 Å². The van der Waals surface area contributed by atoms with E-state index in [0.717, 1.165) is 30.1 Å². The standard InChI is InChI=1S/C24H29FN6.HI/c1-17(19-8-5-4-6-9-19)28-23(26-15-22-30-29-18(2)31(22)3)27-16-24(12-13-24)20-10-7-11-21(25)14-20;/h4-11,14,17H,12-13,15-16H2,1-3H3,(H2,26,27,28);1H. The summed E-state index contributed by atoms with van der Waals surface area (Å²) in [6, 6.07) is 17.3. The van der Waals surface area contributed by atoms with Gasteiger partial charge in [-0.3, -0.25) is 0 Å². The Kier molecular flexibility index (Phi) is 7.86. The number of aliphatic imine (C=N–C) groups is 1. The van der Waals surface area contributed by atoms with E-state index in [2.05, 4.69) is 39.9 Å². The molecule has 0 bridgehead atoms. The minimum absolute atomic E-state index is 0. The van der Waals surface area contributed by atoms with Crippen molar-refractivity contribution >= 4 is 29.9 Å². The summed E-state index contributed by atoms with van der Waals surface area (Å²) in [6.45, 7) is 5.15. The molecule has 2 N–H and O–H groups in total. The molecule has 0 radical (unpaired) electrons. The Morgan fingerprint density at radius 1 is 1.16 bits per heavy atom. The van der Waals surface area contributed by atoms with Crippen LogP contribution in [0.2, 0.25) is 0 Å². The number of hydrogen-bond donors (Lipinski definition) is 2. The summed E-state index contributed by atoms with van der Waals surface area (Å²) in [7, 11) is 1.94. The third-order valence-corrected chi connectivity index (χ3v) is 6.10. The van der Waals surface area contributed by atoms with Crippen LogP contribution in [0.4, 0.5) is 4.39 Å². The van der Waals surface area contributed by atoms with Crippen LogP contribution in [0, 0.1) is 12.7 Å². The van der Waals surface area contributed by atoms with Gasteiger partial charge in [0.25, 0.3) is 0 Å². The van der Waals surface area contributed by atoms with Crippen LogP contribution in [0.25, 0.3) is 0 Å². The molecule has 3 aromatic rings. The van der Waals surface area contributed by atoms with Gasteiger partial charge in [-0.05, 0) is 49.9 Å². The number of rotatable bonds is 7. The summed E-state index contributed by atoms with van der Waals surface area (Å²) in [5, 5.41) is 15.3. The first-order valence-electron chi connectivity index (χ1n) is 10.7. The van der Waals surface area contributed by atoms with Gasteiger partial charge in [0.2, 0.25) is 0 Å². The van der Waals surface area contributed by atoms with Crippen molar-refractivity contribution in [1.82, 2.24) is 25.4 Å². The number of halogens is 2. The van der Waals surface area contributed by atoms with Crippen molar-refractivity contribution in [1.29, 1.82) is 0 Å². The van der Waals surface area contributed by atoms with E-state index < -0.39 is 0 Å². The lowest BCUT2D eigenvalue weighted by Gasteiger charge is -2.22. The summed E-state index contributed by atoms with van der Waals surface area (Å²) < 4.78 is 15.7. The molecule has 1 aromatic heterocycles. The number of nitrogens with zero attached hydrogens (tertiary/aromatic N) is 4. The Morgan fingerprint density at radius 3 is 2.53 bits per heavy atom. The van der Waals surface area contributed by atoms with Gasteiger partial charge in [0.05, 0.1) is 6.04 Å². The number of hydrogen-bond acceptors (Lipinski definition) is 3. The second-order valence-corrected chi connectivity index (χ2v) is 8.31. The summed E-state index contributed by atoms with van der Waals surface area (Å²) in [5.74, 6) is 2.18. The average molecular weight is 548 g/mol. The zero-order valence-electron chi connectivity index (χ0n) is 18.7. The van der Waals surface area contributed by atoms with Crippen LogP contribution >= 0.6 is 24.0 Å². The van der Waals surface area contributed by atoms with E-state index in [1.165, 1.54) is 11.6 Å². The molecule has 32 heavy (non-hydrogen) atoms. The number of aryl methyl sites for hydroxylation is 1. The molecule has 0 aliphatic heterocycles. The predicted octanol–water partition coefficient (Wildman–Crippen LogP) is 4.41. The molecule has 1 atom stereocenters. The van der Waals surface area contributed by atoms with Gasteiger partial charge >= 0.3 is 0 Å². The van der Waals surface area contributed by atoms with Gasteiger partial charge in [0, 0.05) is 19.0 Å². The molecule has 1 fully saturated rings. The maximum Gasteiger partial charge on any atom is 0.192 e. The molecule has 1 aliphatic rings. The summed E-state index contributed by atoms with van der Waals surface area (Å²) in [4.78, 5) is 4.77. The normalized spacial score (nSPS) is 15.6. The van der Waals surface area contributed by atoms with Gasteiger partial charge in [0.15, 0.2) is 11.8 Å². The molecule has 6 nitrogen and oxygen atoms in total. The third kappa shape index (κ3) is 5.65. The quantitative estimate of drug-likeness (QED) is 0.261. The second-order valence-electron chi connectivity index (χ2n) is 8.31. The van der Waals surface area contributed by atoms with Crippen molar-refractivity contribution in [2.75, 3.05) is 6.54 Å². The highest BCUT2D eigenvalue weighted by atomic mass is 127. The number of guanidine groups is 1. The molecule has 1 heterocycles. The smallest absolute Gasteiger partial charge is 0.192 e. The van der Waals surface area contributed by atoms with Crippen LogP contribution in [0.3, 0.4) is 0 Å². The molecule has 4 rings (SSSR count). The molecular formula is C24H30FIN6. The molecule has 0 saturated heterocycles. The summed E-state index contributed by atoms with van der Waals surface area (Å²) >= 11 is 0. The van der Waals surface area contributed by atoms with Crippen LogP contribution < -0.4 is 10.6 Å². The first-order valence-corrected chi connectivity index (χ1v) is 10.7. The Labute approximate surface area is 205 Å². The average Bonchev–Trinajstić information content (AvgIpc) is 3.51. The molecule has 8 heteroatoms. The molecule has 1 unspecified atom stereocenters. The van der Waals surface area contributed by atoms with Crippen LogP contribution in [-0.4, -0.2) is 27.3 Å². The highest BCUT2D eigenvalue weighted by Crippen LogP contribution is 2.47. The Balaban J connectivity index is 0.00000289. The van der Waals surface area contributed by atoms with Crippen molar-refractivity contribution in [3.8, 4) is 0 Å². The summed E-state index contributed by atoms with van der Waals surface area (Å²) in [5.41, 5.74) is 2.18. The zero-order valence-corrected chi connectivity index (χ0v) is 21.0. The van der Waals surface area contributed by atoms with E-state index in [9.17, 15) is 4.39 Å². The molecule has 0 amide bonds. The number of aromatic nitrogens is 3. The van der Waals surface area contributed by atoms with Crippen molar-refractivity contribution < 1.29 is 4.39 Å². The van der Waals surface area contributed by atoms with E-state index in [1.807, 2.05) is 42.8 Å². The highest BCUT2D eigenvalue weighted by Gasteiger charge is 2.44. The number of nitrogens with one attached hydrogen (secondary N) is 2. The van der Waals surface area contributed by atoms with Crippen molar-refractivity contribution in [2.45, 2.75) is 44.7 Å². The topological polar surface area (TPSA) is 67.1 Å². The van der Waals surface area contributed by atoms with E-state index in [0.29, 0.717) is 19.0 Å². The Bertz CT molecular complexity index is 1060. The van der Waals surface area contributed by atoms with E-state index in [-0.39, 0.29) is 41.3 Å². The largest absolute Gasteiger partial charge is 0.355 e. The molecule has 1 aliphatic carbocycles. The molecule has 1 saturated carbocycles. The van der Waals surface area contributed by atoms with Gasteiger partial charge in [-0.2, -0.15) is 0 Å². The fourth-order valence-electron chi connectivity index (χ4n) is 3.71. The van der Waals surface area contributed by atoms with Crippen LogP contribution in [0.5, 0.6) is 0 Å². The third-order valence-electron chi connectivity index (χ3n) is 6.10. The Morgan fingerprint density at radius 2 is 1.91 bits per heavy atom. The molecule has 2 aromatic carbocycles. The fourth-order valence-corrected chi connectivity index (χ4v) is 3.71. The minimum Gasteiger partial charge on any atom is -0.355 e. The van der Waals surface area contributed by atoms with Gasteiger partial charge < -0.3 is 15.2 Å². The van der Waals surface area contributed by atoms with Crippen molar-refractivity contribution in [2.24, 2.45) is 12.0 Å². The fraction of sp³-hybridized carbons (Fsp3) is 0.375. The van der Waals surface area contributed by atoms with Crippen LogP contribution in [-0.2, 0) is 19.0 Å². The predicted molar refractivity (Wildman–Crippen MR) is 136 cm³/mol. The van der Waals surface area contributed by atoms with Gasteiger partial charge in [-0.15, -0.1) is 34.2 Å². The molecule has 0 spiro atoms. The van der Waals surface area contributed by atoms with Gasteiger partial charge in [0.1, 0.15) is 18.2 Å². The Hall–Kier alpha value is -2.49. The SMILES string of the molecule is Cc1nnc(CN=C(NCC2(c3cccc(F)c3)CC2)NC(C)c2ccccc2)n1C.I. The van der Waals surface area contributed by atoms with Gasteiger partial charge in [-0.25, -0.2) is 9.38 Å². The number of benzene rings is 2. The lowest BCUT2D eigenvalue weighted by Crippen LogP contribution is -2.42. The lowest BCUT2D eigenvalue weighted by atomic mass is 9.96. The second kappa shape index (κ2) is 10.4. The van der Waals surface area contributed by atoms with E-state index in [1.54, 1.807) is 12.1 Å². The van der Waals surface area contributed by atoms with E-state index >= 15 is 0 Å². The maximum absolute atomic E-state index is 13.8. The first kappa shape index (κ1) is 24.2. The minimum atomic E-state index is -0.189. The van der Waals surface area contributed by atoms with Crippen molar-refractivity contribution in [3.05, 3.63) is 83.2 Å². The van der Waals surface area contributed by atoms with Crippen LogP contribution in [0.15, 0.2) is 59.6 Å². The van der Waals surface area contributed by atoms with E-state index in [4.69, 9.17) is 4.99 Å². The van der Waals surface area contributed by atoms with Crippen LogP contribution in [0.1, 0.15) is 48.6 Å². The summed E-state index contributed by atoms with van der Waals surface area (Å²) in [6.07, 6.45) is 2.07. The molecule has 170 valence electrons. The highest BCUT2D eigenvalue weighted by molar-refractivity contribution is 14.0. The first-order chi connectivity index (χ1) is 15.0.